The Hall–Kier alpha value is -4.79. The summed E-state index contributed by atoms with van der Waals surface area (Å²) in [6, 6.07) is 22.2. The number of aliphatic carboxylic acids is 1. The number of phenolic OH excluding ortho intramolecular Hbond substituents is 1. The molecule has 9 heteroatoms. The van der Waals surface area contributed by atoms with E-state index in [1.807, 2.05) is 30.3 Å². The van der Waals surface area contributed by atoms with Crippen LogP contribution in [-0.2, 0) is 17.8 Å². The van der Waals surface area contributed by atoms with Crippen molar-refractivity contribution in [3.63, 3.8) is 0 Å². The highest BCUT2D eigenvalue weighted by Gasteiger charge is 2.19. The molecule has 1 aromatic heterocycles. The van der Waals surface area contributed by atoms with Gasteiger partial charge < -0.3 is 24.1 Å². The number of nitrogens with zero attached hydrogens (tertiary/aromatic N) is 2. The van der Waals surface area contributed by atoms with Gasteiger partial charge in [-0.3, -0.25) is 9.69 Å². The Bertz CT molecular complexity index is 1290. The average Bonchev–Trinajstić information content (AvgIpc) is 3.35. The van der Waals surface area contributed by atoms with E-state index in [0.29, 0.717) is 30.2 Å². The summed E-state index contributed by atoms with van der Waals surface area (Å²) in [6.07, 6.45) is 1.36. The van der Waals surface area contributed by atoms with E-state index in [4.69, 9.17) is 13.9 Å². The van der Waals surface area contributed by atoms with Crippen molar-refractivity contribution in [2.75, 3.05) is 13.2 Å². The number of carboxylic acids is 1. The molecule has 0 unspecified atom stereocenters. The molecule has 2 N–H and O–H groups in total. The minimum absolute atomic E-state index is 0.0254. The standard InChI is InChI=1S/C27H24N2O7/c30-22-8-12-24(13-9-22)36-27(33)29(17-25(31)32)16-19-6-10-23(11-7-19)34-15-14-21-18-35-26(28-21)20-4-2-1-3-5-20/h1-13,18,30H,14-17H2,(H,31,32). The lowest BCUT2D eigenvalue weighted by Crippen LogP contribution is -2.37. The summed E-state index contributed by atoms with van der Waals surface area (Å²) in [5.41, 5.74) is 2.39. The van der Waals surface area contributed by atoms with Gasteiger partial charge in [-0.2, -0.15) is 0 Å². The van der Waals surface area contributed by atoms with E-state index in [0.717, 1.165) is 16.2 Å². The SMILES string of the molecule is O=C(O)CN(Cc1ccc(OCCc2coc(-c3ccccc3)n2)cc1)C(=O)Oc1ccc(O)cc1. The van der Waals surface area contributed by atoms with E-state index in [9.17, 15) is 19.8 Å². The lowest BCUT2D eigenvalue weighted by Gasteiger charge is -2.20. The molecule has 4 rings (SSSR count). The van der Waals surface area contributed by atoms with Crippen LogP contribution in [0.25, 0.3) is 11.5 Å². The van der Waals surface area contributed by atoms with E-state index in [-0.39, 0.29) is 18.0 Å². The van der Waals surface area contributed by atoms with Crippen molar-refractivity contribution in [2.45, 2.75) is 13.0 Å². The first-order chi connectivity index (χ1) is 17.5. The lowest BCUT2D eigenvalue weighted by atomic mass is 10.2. The largest absolute Gasteiger partial charge is 0.508 e. The zero-order valence-electron chi connectivity index (χ0n) is 19.2. The highest BCUT2D eigenvalue weighted by atomic mass is 16.6. The van der Waals surface area contributed by atoms with Crippen molar-refractivity contribution >= 4 is 12.1 Å². The second kappa shape index (κ2) is 11.6. The topological polar surface area (TPSA) is 122 Å². The Labute approximate surface area is 207 Å². The second-order valence-electron chi connectivity index (χ2n) is 7.86. The van der Waals surface area contributed by atoms with Crippen molar-refractivity contribution in [1.29, 1.82) is 0 Å². The maximum Gasteiger partial charge on any atom is 0.416 e. The molecule has 0 aliphatic carbocycles. The molecule has 9 nitrogen and oxygen atoms in total. The Balaban J connectivity index is 1.30. The molecule has 184 valence electrons. The fourth-order valence-electron chi connectivity index (χ4n) is 3.35. The summed E-state index contributed by atoms with van der Waals surface area (Å²) in [7, 11) is 0. The highest BCUT2D eigenvalue weighted by Crippen LogP contribution is 2.20. The van der Waals surface area contributed by atoms with Crippen LogP contribution in [0.2, 0.25) is 0 Å². The molecule has 0 aliphatic rings. The normalized spacial score (nSPS) is 10.6. The fraction of sp³-hybridized carbons (Fsp3) is 0.148. The molecule has 1 heterocycles. The molecular formula is C27H24N2O7. The Kier molecular flexibility index (Phi) is 7.82. The number of hydrogen-bond donors (Lipinski definition) is 2. The molecule has 1 amide bonds. The number of amides is 1. The summed E-state index contributed by atoms with van der Waals surface area (Å²) in [5, 5.41) is 18.5. The van der Waals surface area contributed by atoms with Gasteiger partial charge >= 0.3 is 12.1 Å². The first-order valence-corrected chi connectivity index (χ1v) is 11.2. The highest BCUT2D eigenvalue weighted by molar-refractivity contribution is 5.78. The molecule has 0 fully saturated rings. The molecule has 0 aliphatic heterocycles. The van der Waals surface area contributed by atoms with Crippen LogP contribution in [0, 0.1) is 0 Å². The maximum atomic E-state index is 12.5. The van der Waals surface area contributed by atoms with Crippen LogP contribution in [0.4, 0.5) is 4.79 Å². The molecule has 36 heavy (non-hydrogen) atoms. The Morgan fingerprint density at radius 1 is 0.917 bits per heavy atom. The van der Waals surface area contributed by atoms with Crippen LogP contribution in [-0.4, -0.2) is 45.3 Å². The van der Waals surface area contributed by atoms with Gasteiger partial charge in [0.05, 0.1) is 12.3 Å². The smallest absolute Gasteiger partial charge is 0.416 e. The molecular weight excluding hydrogens is 464 g/mol. The van der Waals surface area contributed by atoms with Crippen molar-refractivity contribution in [1.82, 2.24) is 9.88 Å². The molecule has 0 atom stereocenters. The quantitative estimate of drug-likeness (QED) is 0.328. The van der Waals surface area contributed by atoms with Crippen LogP contribution in [0.15, 0.2) is 89.5 Å². The van der Waals surface area contributed by atoms with Gasteiger partial charge in [0, 0.05) is 18.5 Å². The van der Waals surface area contributed by atoms with Gasteiger partial charge in [0.25, 0.3) is 0 Å². The maximum absolute atomic E-state index is 12.5. The minimum Gasteiger partial charge on any atom is -0.508 e. The second-order valence-corrected chi connectivity index (χ2v) is 7.86. The summed E-state index contributed by atoms with van der Waals surface area (Å²) in [6.45, 7) is -0.104. The zero-order valence-corrected chi connectivity index (χ0v) is 19.2. The van der Waals surface area contributed by atoms with Gasteiger partial charge in [-0.25, -0.2) is 9.78 Å². The summed E-state index contributed by atoms with van der Waals surface area (Å²) >= 11 is 0. The van der Waals surface area contributed by atoms with Crippen LogP contribution in [0.5, 0.6) is 17.2 Å². The monoisotopic (exact) mass is 488 g/mol. The molecule has 0 saturated heterocycles. The van der Waals surface area contributed by atoms with Crippen molar-refractivity contribution < 1.29 is 33.7 Å². The average molecular weight is 488 g/mol. The molecule has 4 aromatic rings. The number of aromatic nitrogens is 1. The fourth-order valence-corrected chi connectivity index (χ4v) is 3.35. The van der Waals surface area contributed by atoms with Crippen molar-refractivity contribution in [2.24, 2.45) is 0 Å². The Morgan fingerprint density at radius 3 is 2.31 bits per heavy atom. The first kappa shape index (κ1) is 24.3. The van der Waals surface area contributed by atoms with Gasteiger partial charge in [-0.05, 0) is 54.1 Å². The third kappa shape index (κ3) is 6.86. The number of oxazole rings is 1. The number of benzene rings is 3. The molecule has 0 bridgehead atoms. The summed E-state index contributed by atoms with van der Waals surface area (Å²) in [5.74, 6) is 0.241. The van der Waals surface area contributed by atoms with Gasteiger partial charge in [-0.1, -0.05) is 30.3 Å². The number of carbonyl (C=O) groups excluding carboxylic acids is 1. The van der Waals surface area contributed by atoms with Crippen molar-refractivity contribution in [3.05, 3.63) is 96.4 Å². The van der Waals surface area contributed by atoms with Crippen LogP contribution in [0.1, 0.15) is 11.3 Å². The number of carbonyl (C=O) groups is 2. The van der Waals surface area contributed by atoms with E-state index in [1.54, 1.807) is 30.5 Å². The number of ether oxygens (including phenoxy) is 2. The van der Waals surface area contributed by atoms with E-state index >= 15 is 0 Å². The molecule has 0 radical (unpaired) electrons. The predicted molar refractivity (Wildman–Crippen MR) is 130 cm³/mol. The molecule has 0 saturated carbocycles. The molecule has 0 spiro atoms. The molecule has 3 aromatic carbocycles. The van der Waals surface area contributed by atoms with Gasteiger partial charge in [-0.15, -0.1) is 0 Å². The Morgan fingerprint density at radius 2 is 1.61 bits per heavy atom. The van der Waals surface area contributed by atoms with Crippen molar-refractivity contribution in [3.8, 4) is 28.7 Å². The summed E-state index contributed by atoms with van der Waals surface area (Å²) < 4.78 is 16.5. The van der Waals surface area contributed by atoms with E-state index in [2.05, 4.69) is 4.98 Å². The predicted octanol–water partition coefficient (Wildman–Crippen LogP) is 4.75. The van der Waals surface area contributed by atoms with E-state index in [1.165, 1.54) is 24.3 Å². The van der Waals surface area contributed by atoms with Crippen LogP contribution < -0.4 is 9.47 Å². The van der Waals surface area contributed by atoms with Crippen LogP contribution >= 0.6 is 0 Å². The number of phenols is 1. The zero-order chi connectivity index (χ0) is 25.3. The summed E-state index contributed by atoms with van der Waals surface area (Å²) in [4.78, 5) is 29.3. The minimum atomic E-state index is -1.17. The third-order valence-electron chi connectivity index (χ3n) is 5.12. The first-order valence-electron chi connectivity index (χ1n) is 11.2. The van der Waals surface area contributed by atoms with Gasteiger partial charge in [0.1, 0.15) is 30.1 Å². The van der Waals surface area contributed by atoms with Crippen LogP contribution in [0.3, 0.4) is 0 Å². The lowest BCUT2D eigenvalue weighted by molar-refractivity contribution is -0.138. The van der Waals surface area contributed by atoms with Gasteiger partial charge in [0.2, 0.25) is 5.89 Å². The number of rotatable bonds is 10. The third-order valence-corrected chi connectivity index (χ3v) is 5.12. The number of carboxylic acid groups (broad SMARTS) is 1. The number of aromatic hydroxyl groups is 1. The van der Waals surface area contributed by atoms with E-state index < -0.39 is 18.6 Å². The van der Waals surface area contributed by atoms with Gasteiger partial charge in [0.15, 0.2) is 0 Å². The number of hydrogen-bond acceptors (Lipinski definition) is 7.